The summed E-state index contributed by atoms with van der Waals surface area (Å²) < 4.78 is 4.89. The smallest absolute Gasteiger partial charge is 0.326 e. The first-order valence-electron chi connectivity index (χ1n) is 5.85. The van der Waals surface area contributed by atoms with E-state index in [9.17, 15) is 9.59 Å². The van der Waals surface area contributed by atoms with Crippen molar-refractivity contribution in [3.05, 3.63) is 17.0 Å². The van der Waals surface area contributed by atoms with Gasteiger partial charge in [0.05, 0.1) is 5.69 Å². The molecular weight excluding hydrogens is 236 g/mol. The molecule has 0 aliphatic heterocycles. The molecule has 18 heavy (non-hydrogen) atoms. The fourth-order valence-corrected chi connectivity index (χ4v) is 1.70. The maximum absolute atomic E-state index is 12.0. The fourth-order valence-electron chi connectivity index (χ4n) is 1.70. The van der Waals surface area contributed by atoms with Gasteiger partial charge < -0.3 is 14.9 Å². The first-order chi connectivity index (χ1) is 8.38. The minimum absolute atomic E-state index is 0.146. The molecule has 0 aromatic carbocycles. The van der Waals surface area contributed by atoms with Crippen LogP contribution in [-0.2, 0) is 4.79 Å². The molecule has 1 amide bonds. The van der Waals surface area contributed by atoms with Crippen molar-refractivity contribution in [3.8, 4) is 0 Å². The lowest BCUT2D eigenvalue weighted by molar-refractivity contribution is -0.140. The molecule has 6 nitrogen and oxygen atoms in total. The van der Waals surface area contributed by atoms with Crippen molar-refractivity contribution in [2.75, 3.05) is 0 Å². The number of nitrogens with zero attached hydrogens (tertiary/aromatic N) is 1. The third-order valence-electron chi connectivity index (χ3n) is 3.03. The molecule has 2 N–H and O–H groups in total. The van der Waals surface area contributed by atoms with Crippen LogP contribution >= 0.6 is 0 Å². The quantitative estimate of drug-likeness (QED) is 0.831. The first-order valence-corrected chi connectivity index (χ1v) is 5.85. The molecular formula is C12H18N2O4. The number of aryl methyl sites for hydroxylation is 2. The average Bonchev–Trinajstić information content (AvgIpc) is 2.64. The van der Waals surface area contributed by atoms with E-state index >= 15 is 0 Å². The van der Waals surface area contributed by atoms with Crippen LogP contribution in [0, 0.1) is 19.8 Å². The van der Waals surface area contributed by atoms with Crippen molar-refractivity contribution in [3.63, 3.8) is 0 Å². The van der Waals surface area contributed by atoms with Crippen LogP contribution in [0.3, 0.4) is 0 Å². The summed E-state index contributed by atoms with van der Waals surface area (Å²) in [5.74, 6) is -1.26. The van der Waals surface area contributed by atoms with Gasteiger partial charge in [0.1, 0.15) is 17.4 Å². The van der Waals surface area contributed by atoms with Crippen LogP contribution in [0.2, 0.25) is 0 Å². The first kappa shape index (κ1) is 14.2. The van der Waals surface area contributed by atoms with Crippen molar-refractivity contribution in [1.29, 1.82) is 0 Å². The number of carbonyl (C=O) groups is 2. The summed E-state index contributed by atoms with van der Waals surface area (Å²) in [7, 11) is 0. The third-order valence-corrected chi connectivity index (χ3v) is 3.03. The highest BCUT2D eigenvalue weighted by atomic mass is 16.5. The third kappa shape index (κ3) is 2.88. The second-order valence-corrected chi connectivity index (χ2v) is 4.37. The van der Waals surface area contributed by atoms with Gasteiger partial charge in [-0.2, -0.15) is 0 Å². The molecule has 2 atom stereocenters. The summed E-state index contributed by atoms with van der Waals surface area (Å²) in [6.07, 6.45) is 0.666. The van der Waals surface area contributed by atoms with Gasteiger partial charge in [-0.15, -0.1) is 0 Å². The summed E-state index contributed by atoms with van der Waals surface area (Å²) in [4.78, 5) is 23.1. The number of carboxylic acid groups (broad SMARTS) is 1. The fraction of sp³-hybridized carbons (Fsp3) is 0.583. The van der Waals surface area contributed by atoms with Crippen LogP contribution in [0.4, 0.5) is 0 Å². The van der Waals surface area contributed by atoms with Crippen molar-refractivity contribution in [1.82, 2.24) is 10.5 Å². The Morgan fingerprint density at radius 3 is 2.44 bits per heavy atom. The van der Waals surface area contributed by atoms with Crippen molar-refractivity contribution in [2.24, 2.45) is 5.92 Å². The molecule has 0 bridgehead atoms. The molecule has 0 saturated heterocycles. The Morgan fingerprint density at radius 2 is 2.06 bits per heavy atom. The van der Waals surface area contributed by atoms with E-state index in [-0.39, 0.29) is 5.92 Å². The van der Waals surface area contributed by atoms with Gasteiger partial charge in [0.15, 0.2) is 0 Å². The average molecular weight is 254 g/mol. The maximum atomic E-state index is 12.0. The van der Waals surface area contributed by atoms with Crippen LogP contribution in [0.5, 0.6) is 0 Å². The van der Waals surface area contributed by atoms with Gasteiger partial charge in [-0.05, 0) is 19.8 Å². The molecule has 1 rings (SSSR count). The Hall–Kier alpha value is -1.85. The molecule has 0 aliphatic rings. The number of hydrogen-bond acceptors (Lipinski definition) is 4. The lowest BCUT2D eigenvalue weighted by Gasteiger charge is -2.19. The van der Waals surface area contributed by atoms with Gasteiger partial charge in [0.2, 0.25) is 0 Å². The van der Waals surface area contributed by atoms with E-state index in [1.807, 2.05) is 6.92 Å². The van der Waals surface area contributed by atoms with Gasteiger partial charge in [0.25, 0.3) is 5.91 Å². The Balaban J connectivity index is 2.89. The minimum Gasteiger partial charge on any atom is -0.480 e. The van der Waals surface area contributed by atoms with Crippen LogP contribution in [0.25, 0.3) is 0 Å². The molecule has 0 fully saturated rings. The molecule has 1 unspecified atom stereocenters. The number of hydrogen-bond donors (Lipinski definition) is 2. The largest absolute Gasteiger partial charge is 0.480 e. The molecule has 1 aromatic heterocycles. The minimum atomic E-state index is -1.04. The van der Waals surface area contributed by atoms with E-state index in [1.165, 1.54) is 0 Å². The van der Waals surface area contributed by atoms with Crippen LogP contribution < -0.4 is 5.32 Å². The van der Waals surface area contributed by atoms with Gasteiger partial charge in [-0.3, -0.25) is 4.79 Å². The second-order valence-electron chi connectivity index (χ2n) is 4.37. The highest BCUT2D eigenvalue weighted by molar-refractivity contribution is 5.98. The van der Waals surface area contributed by atoms with Gasteiger partial charge in [-0.25, -0.2) is 4.79 Å². The van der Waals surface area contributed by atoms with Crippen molar-refractivity contribution < 1.29 is 19.2 Å². The molecule has 100 valence electrons. The monoisotopic (exact) mass is 254 g/mol. The molecule has 6 heteroatoms. The van der Waals surface area contributed by atoms with Gasteiger partial charge in [0, 0.05) is 0 Å². The number of aliphatic carboxylic acids is 1. The second kappa shape index (κ2) is 5.66. The Kier molecular flexibility index (Phi) is 4.47. The molecule has 0 aliphatic carbocycles. The van der Waals surface area contributed by atoms with E-state index < -0.39 is 17.9 Å². The zero-order chi connectivity index (χ0) is 13.9. The van der Waals surface area contributed by atoms with E-state index in [4.69, 9.17) is 9.63 Å². The number of aromatic nitrogens is 1. The van der Waals surface area contributed by atoms with Crippen molar-refractivity contribution >= 4 is 11.9 Å². The van der Waals surface area contributed by atoms with E-state index in [0.717, 1.165) is 0 Å². The van der Waals surface area contributed by atoms with Gasteiger partial charge in [-0.1, -0.05) is 25.4 Å². The highest BCUT2D eigenvalue weighted by Crippen LogP contribution is 2.14. The van der Waals surface area contributed by atoms with E-state index in [0.29, 0.717) is 23.4 Å². The predicted octanol–water partition coefficient (Wildman–Crippen LogP) is 1.52. The Bertz CT molecular complexity index is 433. The molecule has 0 spiro atoms. The summed E-state index contributed by atoms with van der Waals surface area (Å²) in [5.41, 5.74) is 0.767. The zero-order valence-corrected chi connectivity index (χ0v) is 11.0. The summed E-state index contributed by atoms with van der Waals surface area (Å²) >= 11 is 0. The van der Waals surface area contributed by atoms with E-state index in [1.54, 1.807) is 20.8 Å². The Morgan fingerprint density at radius 1 is 1.44 bits per heavy atom. The van der Waals surface area contributed by atoms with Crippen molar-refractivity contribution in [2.45, 2.75) is 40.2 Å². The van der Waals surface area contributed by atoms with Gasteiger partial charge >= 0.3 is 5.97 Å². The zero-order valence-electron chi connectivity index (χ0n) is 11.0. The summed E-state index contributed by atoms with van der Waals surface area (Å²) in [6.45, 7) is 6.92. The normalized spacial score (nSPS) is 14.0. The molecule has 0 radical (unpaired) electrons. The number of amides is 1. The summed E-state index contributed by atoms with van der Waals surface area (Å²) in [6, 6.07) is -0.906. The predicted molar refractivity (Wildman–Crippen MR) is 64.3 cm³/mol. The lowest BCUT2D eigenvalue weighted by Crippen LogP contribution is -2.45. The van der Waals surface area contributed by atoms with E-state index in [2.05, 4.69) is 10.5 Å². The lowest BCUT2D eigenvalue weighted by atomic mass is 9.99. The standard InChI is InChI=1S/C12H18N2O4/c1-5-6(2)10(12(16)17)13-11(15)9-7(3)14-18-8(9)4/h6,10H,5H2,1-4H3,(H,13,15)(H,16,17)/t6?,10-/m0/s1. The highest BCUT2D eigenvalue weighted by Gasteiger charge is 2.28. The molecule has 1 aromatic rings. The Labute approximate surface area is 105 Å². The molecule has 1 heterocycles. The number of rotatable bonds is 5. The van der Waals surface area contributed by atoms with Crippen LogP contribution in [-0.4, -0.2) is 28.2 Å². The molecule has 0 saturated carbocycles. The number of carboxylic acids is 1. The maximum Gasteiger partial charge on any atom is 0.326 e. The number of nitrogens with one attached hydrogen (secondary N) is 1. The SMILES string of the molecule is CCC(C)[C@H](NC(=O)c1c(C)noc1C)C(=O)O. The van der Waals surface area contributed by atoms with Crippen LogP contribution in [0.1, 0.15) is 42.1 Å². The summed E-state index contributed by atoms with van der Waals surface area (Å²) in [5, 5.41) is 15.3. The van der Waals surface area contributed by atoms with Crippen LogP contribution in [0.15, 0.2) is 4.52 Å². The number of carbonyl (C=O) groups excluding carboxylic acids is 1. The topological polar surface area (TPSA) is 92.4 Å².